The van der Waals surface area contributed by atoms with Gasteiger partial charge in [0.25, 0.3) is 0 Å². The molecule has 90 valence electrons. The van der Waals surface area contributed by atoms with E-state index in [4.69, 9.17) is 0 Å². The van der Waals surface area contributed by atoms with E-state index >= 15 is 0 Å². The maximum absolute atomic E-state index is 4.26. The van der Waals surface area contributed by atoms with Crippen molar-refractivity contribution in [1.82, 2.24) is 10.2 Å². The number of fused-ring (bicyclic) bond motifs is 1. The number of benzene rings is 1. The van der Waals surface area contributed by atoms with E-state index in [0.29, 0.717) is 0 Å². The normalized spacial score (nSPS) is 10.7. The zero-order valence-corrected chi connectivity index (χ0v) is 10.9. The lowest BCUT2D eigenvalue weighted by Gasteiger charge is -2.00. The lowest BCUT2D eigenvalue weighted by atomic mass is 10.2. The molecular weight excluding hydrogens is 242 g/mol. The summed E-state index contributed by atoms with van der Waals surface area (Å²) >= 11 is 1.75. The van der Waals surface area contributed by atoms with Crippen LogP contribution in [0.25, 0.3) is 20.7 Å². The topological polar surface area (TPSA) is 37.8 Å². The van der Waals surface area contributed by atoms with E-state index in [2.05, 4.69) is 45.8 Å². The predicted octanol–water partition coefficient (Wildman–Crippen LogP) is 3.79. The molecule has 1 N–H and O–H groups in total. The van der Waals surface area contributed by atoms with Crippen molar-refractivity contribution in [2.75, 3.05) is 11.9 Å². The van der Waals surface area contributed by atoms with Gasteiger partial charge in [-0.2, -0.15) is 0 Å². The first-order chi connectivity index (χ1) is 8.86. The third-order valence-electron chi connectivity index (χ3n) is 2.70. The SMILES string of the molecule is CCNc1ccc(-c2cc3ccccc3s2)nn1. The molecule has 0 radical (unpaired) electrons. The Morgan fingerprint density at radius 2 is 2.00 bits per heavy atom. The van der Waals surface area contributed by atoms with Crippen LogP contribution in [0, 0.1) is 0 Å². The van der Waals surface area contributed by atoms with Crippen LogP contribution in [0.15, 0.2) is 42.5 Å². The fourth-order valence-corrected chi connectivity index (χ4v) is 2.87. The van der Waals surface area contributed by atoms with Crippen LogP contribution < -0.4 is 5.32 Å². The first kappa shape index (κ1) is 11.2. The van der Waals surface area contributed by atoms with Gasteiger partial charge in [0.1, 0.15) is 11.5 Å². The highest BCUT2D eigenvalue weighted by Crippen LogP contribution is 2.32. The zero-order valence-electron chi connectivity index (χ0n) is 10.1. The third kappa shape index (κ3) is 2.07. The van der Waals surface area contributed by atoms with Crippen LogP contribution in [0.1, 0.15) is 6.92 Å². The summed E-state index contributed by atoms with van der Waals surface area (Å²) in [4.78, 5) is 1.16. The number of thiophene rings is 1. The molecule has 0 saturated carbocycles. The van der Waals surface area contributed by atoms with Crippen molar-refractivity contribution in [1.29, 1.82) is 0 Å². The molecule has 2 aromatic heterocycles. The highest BCUT2D eigenvalue weighted by molar-refractivity contribution is 7.22. The number of hydrogen-bond donors (Lipinski definition) is 1. The van der Waals surface area contributed by atoms with Gasteiger partial charge in [-0.3, -0.25) is 0 Å². The monoisotopic (exact) mass is 255 g/mol. The van der Waals surface area contributed by atoms with E-state index in [0.717, 1.165) is 22.9 Å². The summed E-state index contributed by atoms with van der Waals surface area (Å²) in [5.41, 5.74) is 0.929. The van der Waals surface area contributed by atoms with Crippen molar-refractivity contribution in [3.8, 4) is 10.6 Å². The minimum Gasteiger partial charge on any atom is -0.369 e. The van der Waals surface area contributed by atoms with Gasteiger partial charge in [-0.15, -0.1) is 21.5 Å². The smallest absolute Gasteiger partial charge is 0.148 e. The Labute approximate surface area is 109 Å². The van der Waals surface area contributed by atoms with Crippen LogP contribution in [0.5, 0.6) is 0 Å². The Bertz CT molecular complexity index is 625. The van der Waals surface area contributed by atoms with E-state index in [1.54, 1.807) is 11.3 Å². The highest BCUT2D eigenvalue weighted by atomic mass is 32.1. The molecule has 2 heterocycles. The Kier molecular flexibility index (Phi) is 2.94. The first-order valence-corrected chi connectivity index (χ1v) is 6.75. The molecule has 18 heavy (non-hydrogen) atoms. The summed E-state index contributed by atoms with van der Waals surface area (Å²) in [5.74, 6) is 0.822. The molecule has 3 rings (SSSR count). The molecule has 0 aliphatic carbocycles. The lowest BCUT2D eigenvalue weighted by Crippen LogP contribution is -2.00. The highest BCUT2D eigenvalue weighted by Gasteiger charge is 2.05. The van der Waals surface area contributed by atoms with Gasteiger partial charge >= 0.3 is 0 Å². The van der Waals surface area contributed by atoms with Gasteiger partial charge in [-0.25, -0.2) is 0 Å². The van der Waals surface area contributed by atoms with Gasteiger partial charge in [0.2, 0.25) is 0 Å². The zero-order chi connectivity index (χ0) is 12.4. The molecule has 4 heteroatoms. The van der Waals surface area contributed by atoms with Gasteiger partial charge in [0.15, 0.2) is 0 Å². The molecule has 0 aliphatic rings. The van der Waals surface area contributed by atoms with Crippen LogP contribution >= 0.6 is 11.3 Å². The molecule has 3 aromatic rings. The van der Waals surface area contributed by atoms with Crippen LogP contribution in [-0.4, -0.2) is 16.7 Å². The number of aromatic nitrogens is 2. The average Bonchev–Trinajstić information content (AvgIpc) is 2.84. The Balaban J connectivity index is 1.98. The van der Waals surface area contributed by atoms with Crippen LogP contribution in [-0.2, 0) is 0 Å². The third-order valence-corrected chi connectivity index (χ3v) is 3.84. The second-order valence-corrected chi connectivity index (χ2v) is 5.07. The molecular formula is C14H13N3S. The van der Waals surface area contributed by atoms with Gasteiger partial charge < -0.3 is 5.32 Å². The molecule has 0 amide bonds. The summed E-state index contributed by atoms with van der Waals surface area (Å²) in [7, 11) is 0. The predicted molar refractivity (Wildman–Crippen MR) is 77.0 cm³/mol. The van der Waals surface area contributed by atoms with Gasteiger partial charge in [0.05, 0.1) is 4.88 Å². The summed E-state index contributed by atoms with van der Waals surface area (Å²) in [6, 6.07) is 14.5. The summed E-state index contributed by atoms with van der Waals surface area (Å²) in [6.45, 7) is 2.90. The van der Waals surface area contributed by atoms with Crippen molar-refractivity contribution in [3.05, 3.63) is 42.5 Å². The standard InChI is InChI=1S/C14H13N3S/c1-2-15-14-8-7-11(16-17-14)13-9-10-5-3-4-6-12(10)18-13/h3-9H,2H2,1H3,(H,15,17). The molecule has 0 fully saturated rings. The van der Waals surface area contributed by atoms with Crippen molar-refractivity contribution in [2.24, 2.45) is 0 Å². The number of nitrogens with zero attached hydrogens (tertiary/aromatic N) is 2. The molecule has 3 nitrogen and oxygen atoms in total. The minimum absolute atomic E-state index is 0.822. The number of nitrogens with one attached hydrogen (secondary N) is 1. The second kappa shape index (κ2) is 4.74. The van der Waals surface area contributed by atoms with E-state index < -0.39 is 0 Å². The summed E-state index contributed by atoms with van der Waals surface area (Å²) < 4.78 is 1.28. The second-order valence-electron chi connectivity index (χ2n) is 3.98. The number of anilines is 1. The maximum atomic E-state index is 4.26. The average molecular weight is 255 g/mol. The Morgan fingerprint density at radius 1 is 1.11 bits per heavy atom. The van der Waals surface area contributed by atoms with Crippen molar-refractivity contribution >= 4 is 27.2 Å². The fraction of sp³-hybridized carbons (Fsp3) is 0.143. The minimum atomic E-state index is 0.822. The number of hydrogen-bond acceptors (Lipinski definition) is 4. The molecule has 0 unspecified atom stereocenters. The van der Waals surface area contributed by atoms with Gasteiger partial charge in [-0.1, -0.05) is 18.2 Å². The van der Waals surface area contributed by atoms with E-state index in [9.17, 15) is 0 Å². The van der Waals surface area contributed by atoms with Gasteiger partial charge in [-0.05, 0) is 36.6 Å². The van der Waals surface area contributed by atoms with Crippen molar-refractivity contribution in [2.45, 2.75) is 6.92 Å². The first-order valence-electron chi connectivity index (χ1n) is 5.93. The van der Waals surface area contributed by atoms with Crippen molar-refractivity contribution < 1.29 is 0 Å². The van der Waals surface area contributed by atoms with Crippen LogP contribution in [0.4, 0.5) is 5.82 Å². The van der Waals surface area contributed by atoms with Crippen molar-refractivity contribution in [3.63, 3.8) is 0 Å². The summed E-state index contributed by atoms with van der Waals surface area (Å²) in [6.07, 6.45) is 0. The molecule has 0 aliphatic heterocycles. The fourth-order valence-electron chi connectivity index (χ4n) is 1.85. The largest absolute Gasteiger partial charge is 0.369 e. The van der Waals surface area contributed by atoms with Gasteiger partial charge in [0, 0.05) is 11.2 Å². The molecule has 0 atom stereocenters. The molecule has 1 aromatic carbocycles. The molecule has 0 saturated heterocycles. The summed E-state index contributed by atoms with van der Waals surface area (Å²) in [5, 5.41) is 12.8. The van der Waals surface area contributed by atoms with E-state index in [1.807, 2.05) is 19.1 Å². The van der Waals surface area contributed by atoms with Crippen LogP contribution in [0.2, 0.25) is 0 Å². The van der Waals surface area contributed by atoms with E-state index in [-0.39, 0.29) is 0 Å². The quantitative estimate of drug-likeness (QED) is 0.773. The lowest BCUT2D eigenvalue weighted by molar-refractivity contribution is 1.02. The van der Waals surface area contributed by atoms with E-state index in [1.165, 1.54) is 10.1 Å². The van der Waals surface area contributed by atoms with Crippen LogP contribution in [0.3, 0.4) is 0 Å². The molecule has 0 spiro atoms. The Hall–Kier alpha value is -1.94. The molecule has 0 bridgehead atoms. The maximum Gasteiger partial charge on any atom is 0.148 e. The number of rotatable bonds is 3. The Morgan fingerprint density at radius 3 is 2.72 bits per heavy atom.